The summed E-state index contributed by atoms with van der Waals surface area (Å²) >= 11 is 0. The molecule has 1 aromatic carbocycles. The third-order valence-electron chi connectivity index (χ3n) is 2.47. The van der Waals surface area contributed by atoms with Crippen LogP contribution in [0, 0.1) is 0 Å². The topological polar surface area (TPSA) is 55.6 Å². The predicted octanol–water partition coefficient (Wildman–Crippen LogP) is 1.56. The smallest absolute Gasteiger partial charge is 0.225 e. The molecule has 0 bridgehead atoms. The molecule has 1 rings (SSSR count). The first-order valence-corrected chi connectivity index (χ1v) is 5.69. The van der Waals surface area contributed by atoms with E-state index in [9.17, 15) is 4.79 Å². The summed E-state index contributed by atoms with van der Waals surface area (Å²) < 4.78 is 5.51. The molecular weight excluding hydrogens is 216 g/mol. The van der Waals surface area contributed by atoms with E-state index in [1.165, 1.54) is 0 Å². The Balaban J connectivity index is 2.47. The van der Waals surface area contributed by atoms with Crippen LogP contribution in [0.15, 0.2) is 24.3 Å². The quantitative estimate of drug-likeness (QED) is 0.844. The van der Waals surface area contributed by atoms with Crippen LogP contribution in [0.2, 0.25) is 0 Å². The normalized spacial score (nSPS) is 12.0. The van der Waals surface area contributed by atoms with Gasteiger partial charge in [0.05, 0.1) is 13.0 Å². The zero-order valence-corrected chi connectivity index (χ0v) is 10.6. The zero-order valence-electron chi connectivity index (χ0n) is 10.6. The van der Waals surface area contributed by atoms with Gasteiger partial charge in [0.25, 0.3) is 0 Å². The van der Waals surface area contributed by atoms with Crippen molar-refractivity contribution in [3.05, 3.63) is 29.8 Å². The molecule has 1 amide bonds. The third kappa shape index (κ3) is 4.44. The van der Waals surface area contributed by atoms with E-state index in [1.807, 2.05) is 31.2 Å². The lowest BCUT2D eigenvalue weighted by molar-refractivity contribution is -0.129. The number of amides is 1. The van der Waals surface area contributed by atoms with Gasteiger partial charge in [0.15, 0.2) is 0 Å². The summed E-state index contributed by atoms with van der Waals surface area (Å²) in [5.41, 5.74) is 6.81. The van der Waals surface area contributed by atoms with Gasteiger partial charge in [-0.1, -0.05) is 12.1 Å². The molecule has 0 fully saturated rings. The number of nitrogens with zero attached hydrogens (tertiary/aromatic N) is 1. The molecule has 1 aromatic rings. The summed E-state index contributed by atoms with van der Waals surface area (Å²) in [6, 6.07) is 7.63. The number of ether oxygens (including phenoxy) is 1. The number of hydrogen-bond donors (Lipinski definition) is 1. The van der Waals surface area contributed by atoms with E-state index in [1.54, 1.807) is 19.0 Å². The van der Waals surface area contributed by atoms with Gasteiger partial charge in [-0.3, -0.25) is 4.79 Å². The van der Waals surface area contributed by atoms with Crippen LogP contribution in [-0.4, -0.2) is 31.5 Å². The van der Waals surface area contributed by atoms with Crippen molar-refractivity contribution in [3.8, 4) is 5.75 Å². The fourth-order valence-electron chi connectivity index (χ4n) is 1.37. The Morgan fingerprint density at radius 3 is 2.76 bits per heavy atom. The summed E-state index contributed by atoms with van der Waals surface area (Å²) in [4.78, 5) is 12.9. The van der Waals surface area contributed by atoms with Gasteiger partial charge in [0.1, 0.15) is 5.75 Å². The fraction of sp³-hybridized carbons (Fsp3) is 0.462. The van der Waals surface area contributed by atoms with Crippen LogP contribution in [0.5, 0.6) is 5.75 Å². The number of carbonyl (C=O) groups is 1. The van der Waals surface area contributed by atoms with Gasteiger partial charge in [-0.15, -0.1) is 0 Å². The van der Waals surface area contributed by atoms with Gasteiger partial charge in [-0.2, -0.15) is 0 Å². The lowest BCUT2D eigenvalue weighted by Gasteiger charge is -2.12. The molecule has 4 heteroatoms. The van der Waals surface area contributed by atoms with Gasteiger partial charge >= 0.3 is 0 Å². The molecule has 0 aromatic heterocycles. The van der Waals surface area contributed by atoms with E-state index in [0.717, 1.165) is 11.3 Å². The van der Waals surface area contributed by atoms with E-state index >= 15 is 0 Å². The van der Waals surface area contributed by atoms with Crippen molar-refractivity contribution >= 4 is 5.91 Å². The fourth-order valence-corrected chi connectivity index (χ4v) is 1.37. The second kappa shape index (κ2) is 6.25. The first kappa shape index (κ1) is 13.5. The molecule has 0 spiro atoms. The first-order valence-electron chi connectivity index (χ1n) is 5.69. The molecule has 17 heavy (non-hydrogen) atoms. The van der Waals surface area contributed by atoms with Gasteiger partial charge in [-0.25, -0.2) is 0 Å². The summed E-state index contributed by atoms with van der Waals surface area (Å²) in [5, 5.41) is 0. The molecule has 1 unspecified atom stereocenters. The molecule has 0 radical (unpaired) electrons. The number of nitrogens with two attached hydrogens (primary N) is 1. The molecule has 0 aliphatic heterocycles. The maximum absolute atomic E-state index is 11.3. The van der Waals surface area contributed by atoms with Gasteiger partial charge < -0.3 is 15.4 Å². The summed E-state index contributed by atoms with van der Waals surface area (Å²) in [6.07, 6.45) is 0.384. The first-order chi connectivity index (χ1) is 8.00. The Hall–Kier alpha value is -1.55. The average molecular weight is 236 g/mol. The van der Waals surface area contributed by atoms with Crippen LogP contribution in [0.4, 0.5) is 0 Å². The van der Waals surface area contributed by atoms with Gasteiger partial charge in [0, 0.05) is 20.1 Å². The average Bonchev–Trinajstić information content (AvgIpc) is 2.29. The molecule has 4 nitrogen and oxygen atoms in total. The van der Waals surface area contributed by atoms with Crippen LogP contribution in [0.25, 0.3) is 0 Å². The van der Waals surface area contributed by atoms with Crippen molar-refractivity contribution < 1.29 is 9.53 Å². The van der Waals surface area contributed by atoms with Crippen molar-refractivity contribution in [3.63, 3.8) is 0 Å². The number of benzene rings is 1. The molecule has 2 N–H and O–H groups in total. The molecule has 94 valence electrons. The maximum atomic E-state index is 11.3. The molecule has 0 aliphatic carbocycles. The number of carbonyl (C=O) groups excluding carboxylic acids is 1. The van der Waals surface area contributed by atoms with E-state index in [-0.39, 0.29) is 11.9 Å². The lowest BCUT2D eigenvalue weighted by atomic mass is 10.1. The van der Waals surface area contributed by atoms with Crippen LogP contribution in [0.1, 0.15) is 24.9 Å². The highest BCUT2D eigenvalue weighted by Crippen LogP contribution is 2.17. The Morgan fingerprint density at radius 2 is 2.18 bits per heavy atom. The SMILES string of the molecule is CC(N)c1cccc(OCCC(=O)N(C)C)c1. The second-order valence-corrected chi connectivity index (χ2v) is 4.25. The van der Waals surface area contributed by atoms with Crippen LogP contribution < -0.4 is 10.5 Å². The third-order valence-corrected chi connectivity index (χ3v) is 2.47. The summed E-state index contributed by atoms with van der Waals surface area (Å²) in [6.45, 7) is 2.31. The Kier molecular flexibility index (Phi) is 4.97. The minimum atomic E-state index is -0.0121. The number of hydrogen-bond acceptors (Lipinski definition) is 3. The van der Waals surface area contributed by atoms with Crippen LogP contribution in [0.3, 0.4) is 0 Å². The Labute approximate surface area is 102 Å². The molecule has 0 saturated carbocycles. The van der Waals surface area contributed by atoms with Crippen molar-refractivity contribution in [1.29, 1.82) is 0 Å². The van der Waals surface area contributed by atoms with E-state index in [4.69, 9.17) is 10.5 Å². The zero-order chi connectivity index (χ0) is 12.8. The van der Waals surface area contributed by atoms with Crippen LogP contribution in [-0.2, 0) is 4.79 Å². The Bertz CT molecular complexity index is 375. The molecule has 0 aliphatic rings. The highest BCUT2D eigenvalue weighted by atomic mass is 16.5. The maximum Gasteiger partial charge on any atom is 0.225 e. The van der Waals surface area contributed by atoms with Crippen molar-refractivity contribution in [2.45, 2.75) is 19.4 Å². The number of rotatable bonds is 5. The highest BCUT2D eigenvalue weighted by molar-refractivity contribution is 5.75. The Morgan fingerprint density at radius 1 is 1.47 bits per heavy atom. The molecule has 0 heterocycles. The van der Waals surface area contributed by atoms with Crippen LogP contribution >= 0.6 is 0 Å². The highest BCUT2D eigenvalue weighted by Gasteiger charge is 2.05. The van der Waals surface area contributed by atoms with E-state index in [2.05, 4.69) is 0 Å². The van der Waals surface area contributed by atoms with E-state index in [0.29, 0.717) is 13.0 Å². The monoisotopic (exact) mass is 236 g/mol. The van der Waals surface area contributed by atoms with Crippen molar-refractivity contribution in [2.75, 3.05) is 20.7 Å². The van der Waals surface area contributed by atoms with E-state index < -0.39 is 0 Å². The standard InChI is InChI=1S/C13H20N2O2/c1-10(14)11-5-4-6-12(9-11)17-8-7-13(16)15(2)3/h4-6,9-10H,7-8,14H2,1-3H3. The molecular formula is C13H20N2O2. The van der Waals surface area contributed by atoms with Crippen molar-refractivity contribution in [1.82, 2.24) is 4.90 Å². The predicted molar refractivity (Wildman–Crippen MR) is 67.9 cm³/mol. The largest absolute Gasteiger partial charge is 0.493 e. The van der Waals surface area contributed by atoms with Crippen molar-refractivity contribution in [2.24, 2.45) is 5.73 Å². The minimum absolute atomic E-state index is 0.0121. The minimum Gasteiger partial charge on any atom is -0.493 e. The molecule has 1 atom stereocenters. The summed E-state index contributed by atoms with van der Waals surface area (Å²) in [5.74, 6) is 0.819. The second-order valence-electron chi connectivity index (χ2n) is 4.25. The summed E-state index contributed by atoms with van der Waals surface area (Å²) in [7, 11) is 3.47. The van der Waals surface area contributed by atoms with Gasteiger partial charge in [-0.05, 0) is 24.6 Å². The lowest BCUT2D eigenvalue weighted by Crippen LogP contribution is -2.23. The van der Waals surface area contributed by atoms with Gasteiger partial charge in [0.2, 0.25) is 5.91 Å². The molecule has 0 saturated heterocycles.